The molecule has 0 spiro atoms. The largest absolute Gasteiger partial charge is 0.298 e. The van der Waals surface area contributed by atoms with Gasteiger partial charge in [0, 0.05) is 26.1 Å². The van der Waals surface area contributed by atoms with Crippen LogP contribution in [0.4, 0.5) is 0 Å². The molecular formula is C11H9ClOS. The zero-order valence-corrected chi connectivity index (χ0v) is 9.28. The lowest BCUT2D eigenvalue weighted by atomic mass is 10.1. The minimum absolute atomic E-state index is 0.761. The van der Waals surface area contributed by atoms with E-state index >= 15 is 0 Å². The second-order valence-electron chi connectivity index (χ2n) is 3.07. The van der Waals surface area contributed by atoms with Crippen molar-refractivity contribution in [1.29, 1.82) is 0 Å². The Hall–Kier alpha value is -0.860. The van der Waals surface area contributed by atoms with Gasteiger partial charge < -0.3 is 0 Å². The van der Waals surface area contributed by atoms with Crippen molar-refractivity contribution in [2.45, 2.75) is 13.3 Å². The molecule has 2 aromatic rings. The number of aryl methyl sites for hydroxylation is 1. The van der Waals surface area contributed by atoms with Crippen LogP contribution in [-0.2, 0) is 6.42 Å². The van der Waals surface area contributed by atoms with E-state index in [9.17, 15) is 4.79 Å². The Kier molecular flexibility index (Phi) is 2.57. The number of rotatable bonds is 2. The quantitative estimate of drug-likeness (QED) is 0.707. The molecule has 1 aromatic carbocycles. The first kappa shape index (κ1) is 9.69. The van der Waals surface area contributed by atoms with E-state index in [0.717, 1.165) is 38.9 Å². The van der Waals surface area contributed by atoms with Crippen LogP contribution in [-0.4, -0.2) is 6.29 Å². The van der Waals surface area contributed by atoms with E-state index < -0.39 is 0 Å². The smallest absolute Gasteiger partial charge is 0.151 e. The molecule has 0 saturated heterocycles. The summed E-state index contributed by atoms with van der Waals surface area (Å²) in [5.74, 6) is 0. The molecule has 0 radical (unpaired) electrons. The van der Waals surface area contributed by atoms with Gasteiger partial charge in [-0.2, -0.15) is 0 Å². The van der Waals surface area contributed by atoms with Gasteiger partial charge in [-0.1, -0.05) is 24.6 Å². The van der Waals surface area contributed by atoms with Gasteiger partial charge in [0.25, 0.3) is 0 Å². The molecule has 0 saturated carbocycles. The van der Waals surface area contributed by atoms with Gasteiger partial charge in [-0.3, -0.25) is 4.79 Å². The van der Waals surface area contributed by atoms with Crippen LogP contribution in [0.1, 0.15) is 22.8 Å². The highest BCUT2D eigenvalue weighted by molar-refractivity contribution is 7.17. The van der Waals surface area contributed by atoms with Crippen LogP contribution >= 0.6 is 22.9 Å². The summed E-state index contributed by atoms with van der Waals surface area (Å²) < 4.78 is 1.14. The van der Waals surface area contributed by atoms with E-state index in [0.29, 0.717) is 0 Å². The Morgan fingerprint density at radius 3 is 2.93 bits per heavy atom. The monoisotopic (exact) mass is 224 g/mol. The van der Waals surface area contributed by atoms with Gasteiger partial charge in [-0.25, -0.2) is 0 Å². The fourth-order valence-corrected chi connectivity index (χ4v) is 3.06. The second-order valence-corrected chi connectivity index (χ2v) is 4.35. The number of aldehydes is 1. The fraction of sp³-hybridized carbons (Fsp3) is 0.182. The third-order valence-electron chi connectivity index (χ3n) is 2.30. The summed E-state index contributed by atoms with van der Waals surface area (Å²) in [6.45, 7) is 2.07. The van der Waals surface area contributed by atoms with Crippen molar-refractivity contribution in [3.63, 3.8) is 0 Å². The van der Waals surface area contributed by atoms with Crippen molar-refractivity contribution >= 4 is 39.3 Å². The van der Waals surface area contributed by atoms with Crippen LogP contribution in [0.25, 0.3) is 10.1 Å². The fourth-order valence-electron chi connectivity index (χ4n) is 1.57. The molecule has 0 atom stereocenters. The number of benzene rings is 1. The van der Waals surface area contributed by atoms with Crippen molar-refractivity contribution in [2.24, 2.45) is 0 Å². The first-order valence-electron chi connectivity index (χ1n) is 4.41. The molecule has 0 N–H and O–H groups in total. The zero-order chi connectivity index (χ0) is 10.1. The summed E-state index contributed by atoms with van der Waals surface area (Å²) in [4.78, 5) is 10.7. The van der Waals surface area contributed by atoms with Crippen molar-refractivity contribution in [3.8, 4) is 0 Å². The Bertz CT molecular complexity index is 487. The molecular weight excluding hydrogens is 216 g/mol. The first-order valence-corrected chi connectivity index (χ1v) is 5.67. The molecule has 0 amide bonds. The topological polar surface area (TPSA) is 17.1 Å². The number of thiophene rings is 1. The molecule has 2 rings (SSSR count). The van der Waals surface area contributed by atoms with E-state index in [1.54, 1.807) is 11.3 Å². The first-order chi connectivity index (χ1) is 6.77. The molecule has 3 heteroatoms. The van der Waals surface area contributed by atoms with Gasteiger partial charge in [0.15, 0.2) is 6.29 Å². The summed E-state index contributed by atoms with van der Waals surface area (Å²) in [5.41, 5.74) is 1.90. The lowest BCUT2D eigenvalue weighted by Crippen LogP contribution is -1.83. The van der Waals surface area contributed by atoms with Crippen molar-refractivity contribution in [1.82, 2.24) is 0 Å². The summed E-state index contributed by atoms with van der Waals surface area (Å²) in [6.07, 6.45) is 1.79. The van der Waals surface area contributed by atoms with E-state index in [-0.39, 0.29) is 0 Å². The molecule has 0 aliphatic rings. The summed E-state index contributed by atoms with van der Waals surface area (Å²) in [5, 5.41) is 3.69. The predicted octanol–water partition coefficient (Wildman–Crippen LogP) is 3.93. The average Bonchev–Trinajstić information content (AvgIpc) is 2.60. The molecule has 14 heavy (non-hydrogen) atoms. The van der Waals surface area contributed by atoms with Crippen LogP contribution < -0.4 is 0 Å². The molecule has 1 nitrogen and oxygen atoms in total. The molecule has 1 heterocycles. The summed E-state index contributed by atoms with van der Waals surface area (Å²) in [7, 11) is 0. The molecule has 72 valence electrons. The number of fused-ring (bicyclic) bond motifs is 1. The maximum Gasteiger partial charge on any atom is 0.151 e. The number of carbonyl (C=O) groups excluding carboxylic acids is 1. The zero-order valence-electron chi connectivity index (χ0n) is 7.71. The van der Waals surface area contributed by atoms with Crippen LogP contribution in [0, 0.1) is 0 Å². The third kappa shape index (κ3) is 1.35. The number of hydrogen-bond donors (Lipinski definition) is 0. The van der Waals surface area contributed by atoms with Crippen LogP contribution in [0.3, 0.4) is 0 Å². The lowest BCUT2D eigenvalue weighted by molar-refractivity contribution is 0.112. The lowest BCUT2D eigenvalue weighted by Gasteiger charge is -2.02. The van der Waals surface area contributed by atoms with Gasteiger partial charge in [-0.05, 0) is 18.1 Å². The standard InChI is InChI=1S/C11H9ClOS/c1-2-8-10(12)4-3-9-7(5-13)6-14-11(8)9/h3-6H,2H2,1H3. The maximum absolute atomic E-state index is 10.7. The number of hydrogen-bond acceptors (Lipinski definition) is 2. The maximum atomic E-state index is 10.7. The second kappa shape index (κ2) is 3.71. The average molecular weight is 225 g/mol. The Labute approximate surface area is 91.3 Å². The summed E-state index contributed by atoms with van der Waals surface area (Å²) in [6, 6.07) is 3.78. The van der Waals surface area contributed by atoms with E-state index in [4.69, 9.17) is 11.6 Å². The van der Waals surface area contributed by atoms with Crippen molar-refractivity contribution < 1.29 is 4.79 Å². The normalized spacial score (nSPS) is 10.7. The Balaban J connectivity index is 2.83. The highest BCUT2D eigenvalue weighted by atomic mass is 35.5. The van der Waals surface area contributed by atoms with E-state index in [2.05, 4.69) is 6.92 Å². The van der Waals surface area contributed by atoms with Crippen molar-refractivity contribution in [2.75, 3.05) is 0 Å². The molecule has 0 bridgehead atoms. The van der Waals surface area contributed by atoms with E-state index in [1.807, 2.05) is 17.5 Å². The van der Waals surface area contributed by atoms with Crippen LogP contribution in [0.5, 0.6) is 0 Å². The minimum atomic E-state index is 0.761. The highest BCUT2D eigenvalue weighted by Gasteiger charge is 2.09. The number of carbonyl (C=O) groups is 1. The molecule has 0 aliphatic carbocycles. The van der Waals surface area contributed by atoms with Gasteiger partial charge in [-0.15, -0.1) is 11.3 Å². The molecule has 1 aromatic heterocycles. The van der Waals surface area contributed by atoms with Crippen LogP contribution in [0.15, 0.2) is 17.5 Å². The number of halogens is 1. The van der Waals surface area contributed by atoms with Gasteiger partial charge in [0.1, 0.15) is 0 Å². The van der Waals surface area contributed by atoms with Gasteiger partial charge in [0.2, 0.25) is 0 Å². The van der Waals surface area contributed by atoms with Crippen LogP contribution in [0.2, 0.25) is 5.02 Å². The highest BCUT2D eigenvalue weighted by Crippen LogP contribution is 2.32. The Morgan fingerprint density at radius 2 is 2.29 bits per heavy atom. The summed E-state index contributed by atoms with van der Waals surface area (Å²) >= 11 is 7.66. The predicted molar refractivity (Wildman–Crippen MR) is 61.6 cm³/mol. The minimum Gasteiger partial charge on any atom is -0.298 e. The van der Waals surface area contributed by atoms with Gasteiger partial charge in [0.05, 0.1) is 0 Å². The van der Waals surface area contributed by atoms with Crippen molar-refractivity contribution in [3.05, 3.63) is 33.7 Å². The third-order valence-corrected chi connectivity index (χ3v) is 3.73. The Morgan fingerprint density at radius 1 is 1.50 bits per heavy atom. The molecule has 0 fully saturated rings. The van der Waals surface area contributed by atoms with Gasteiger partial charge >= 0.3 is 0 Å². The SMILES string of the molecule is CCc1c(Cl)ccc2c(C=O)csc12. The molecule has 0 unspecified atom stereocenters. The van der Waals surface area contributed by atoms with E-state index in [1.165, 1.54) is 0 Å². The molecule has 0 aliphatic heterocycles.